The van der Waals surface area contributed by atoms with Crippen LogP contribution in [0.3, 0.4) is 0 Å². The van der Waals surface area contributed by atoms with Crippen molar-refractivity contribution in [2.45, 2.75) is 18.4 Å². The molecule has 0 radical (unpaired) electrons. The average Bonchev–Trinajstić information content (AvgIpc) is 2.97. The minimum absolute atomic E-state index is 0.0510. The first kappa shape index (κ1) is 12.6. The molecule has 19 heavy (non-hydrogen) atoms. The zero-order chi connectivity index (χ0) is 13.5. The lowest BCUT2D eigenvalue weighted by Crippen LogP contribution is -2.55. The standard InChI is InChI=1S/C13H17N3O2S/c14-13(2-3-13)12(18)16-6-4-15(5-7-16)11(17)10-1-8-19-9-10/h1,8-9H,2-7,14H2. The number of carbonyl (C=O) groups is 2. The molecule has 1 saturated carbocycles. The first-order valence-corrected chi connectivity index (χ1v) is 7.44. The lowest BCUT2D eigenvalue weighted by atomic mass is 10.2. The maximum atomic E-state index is 12.2. The van der Waals surface area contributed by atoms with Crippen molar-refractivity contribution in [1.82, 2.24) is 9.80 Å². The first-order chi connectivity index (χ1) is 9.10. The molecule has 0 unspecified atom stereocenters. The molecule has 2 heterocycles. The van der Waals surface area contributed by atoms with Crippen molar-refractivity contribution in [3.63, 3.8) is 0 Å². The summed E-state index contributed by atoms with van der Waals surface area (Å²) in [5.74, 6) is 0.109. The van der Waals surface area contributed by atoms with Crippen molar-refractivity contribution in [2.75, 3.05) is 26.2 Å². The van der Waals surface area contributed by atoms with Gasteiger partial charge in [0.15, 0.2) is 0 Å². The summed E-state index contributed by atoms with van der Waals surface area (Å²) in [6.45, 7) is 2.37. The lowest BCUT2D eigenvalue weighted by molar-refractivity contribution is -0.135. The van der Waals surface area contributed by atoms with E-state index in [4.69, 9.17) is 5.73 Å². The molecule has 0 bridgehead atoms. The topological polar surface area (TPSA) is 66.6 Å². The van der Waals surface area contributed by atoms with E-state index < -0.39 is 5.54 Å². The van der Waals surface area contributed by atoms with Crippen molar-refractivity contribution in [2.24, 2.45) is 5.73 Å². The minimum Gasteiger partial charge on any atom is -0.338 e. The first-order valence-electron chi connectivity index (χ1n) is 6.50. The van der Waals surface area contributed by atoms with E-state index in [-0.39, 0.29) is 11.8 Å². The molecule has 1 aliphatic carbocycles. The summed E-state index contributed by atoms with van der Waals surface area (Å²) in [7, 11) is 0. The molecule has 1 aromatic rings. The Balaban J connectivity index is 1.58. The predicted molar refractivity (Wildman–Crippen MR) is 73.0 cm³/mol. The van der Waals surface area contributed by atoms with Gasteiger partial charge in [0.25, 0.3) is 5.91 Å². The quantitative estimate of drug-likeness (QED) is 0.858. The molecule has 2 fully saturated rings. The minimum atomic E-state index is -0.598. The van der Waals surface area contributed by atoms with Crippen LogP contribution in [-0.2, 0) is 4.79 Å². The Kier molecular flexibility index (Phi) is 3.06. The molecule has 2 amide bonds. The van der Waals surface area contributed by atoms with Crippen molar-refractivity contribution in [1.29, 1.82) is 0 Å². The number of amides is 2. The zero-order valence-corrected chi connectivity index (χ0v) is 11.5. The number of piperazine rings is 1. The Morgan fingerprint density at radius 3 is 2.32 bits per heavy atom. The number of thiophene rings is 1. The van der Waals surface area contributed by atoms with Crippen LogP contribution in [0.4, 0.5) is 0 Å². The van der Waals surface area contributed by atoms with Crippen LogP contribution < -0.4 is 5.73 Å². The van der Waals surface area contributed by atoms with Gasteiger partial charge in [0.05, 0.1) is 11.1 Å². The normalized spacial score (nSPS) is 21.3. The van der Waals surface area contributed by atoms with Crippen LogP contribution in [0.15, 0.2) is 16.8 Å². The maximum absolute atomic E-state index is 12.2. The van der Waals surface area contributed by atoms with Gasteiger partial charge in [-0.05, 0) is 24.3 Å². The fraction of sp³-hybridized carbons (Fsp3) is 0.538. The van der Waals surface area contributed by atoms with Crippen molar-refractivity contribution >= 4 is 23.2 Å². The van der Waals surface area contributed by atoms with E-state index in [9.17, 15) is 9.59 Å². The summed E-state index contributed by atoms with van der Waals surface area (Å²) in [5, 5.41) is 3.76. The number of hydrogen-bond donors (Lipinski definition) is 1. The molecular weight excluding hydrogens is 262 g/mol. The van der Waals surface area contributed by atoms with Gasteiger partial charge in [-0.25, -0.2) is 0 Å². The van der Waals surface area contributed by atoms with E-state index in [0.717, 1.165) is 18.4 Å². The fourth-order valence-corrected chi connectivity index (χ4v) is 2.97. The summed E-state index contributed by atoms with van der Waals surface area (Å²) in [6, 6.07) is 1.84. The molecule has 6 heteroatoms. The van der Waals surface area contributed by atoms with Crippen LogP contribution in [0.5, 0.6) is 0 Å². The summed E-state index contributed by atoms with van der Waals surface area (Å²) in [5.41, 5.74) is 6.06. The van der Waals surface area contributed by atoms with Gasteiger partial charge >= 0.3 is 0 Å². The predicted octanol–water partition coefficient (Wildman–Crippen LogP) is 0.524. The summed E-state index contributed by atoms with van der Waals surface area (Å²) in [6.07, 6.45) is 1.58. The Morgan fingerprint density at radius 2 is 1.79 bits per heavy atom. The van der Waals surface area contributed by atoms with E-state index >= 15 is 0 Å². The van der Waals surface area contributed by atoms with Crippen molar-refractivity contribution in [3.8, 4) is 0 Å². The Morgan fingerprint density at radius 1 is 1.16 bits per heavy atom. The van der Waals surface area contributed by atoms with E-state index in [1.54, 1.807) is 4.90 Å². The lowest BCUT2D eigenvalue weighted by Gasteiger charge is -2.35. The molecule has 2 N–H and O–H groups in total. The third-order valence-corrected chi connectivity index (χ3v) is 4.52. The summed E-state index contributed by atoms with van der Waals surface area (Å²) in [4.78, 5) is 27.8. The molecule has 0 aromatic carbocycles. The van der Waals surface area contributed by atoms with E-state index in [0.29, 0.717) is 26.2 Å². The monoisotopic (exact) mass is 279 g/mol. The van der Waals surface area contributed by atoms with Crippen LogP contribution in [-0.4, -0.2) is 53.3 Å². The Bertz CT molecular complexity index is 488. The molecule has 1 aliphatic heterocycles. The third kappa shape index (κ3) is 2.37. The molecule has 1 aromatic heterocycles. The van der Waals surface area contributed by atoms with Crippen molar-refractivity contribution in [3.05, 3.63) is 22.4 Å². The highest BCUT2D eigenvalue weighted by Crippen LogP contribution is 2.34. The second kappa shape index (κ2) is 4.61. The SMILES string of the molecule is NC1(C(=O)N2CCN(C(=O)c3ccsc3)CC2)CC1. The second-order valence-electron chi connectivity index (χ2n) is 5.25. The molecule has 0 atom stereocenters. The summed E-state index contributed by atoms with van der Waals surface area (Å²) >= 11 is 1.52. The molecule has 3 rings (SSSR count). The van der Waals surface area contributed by atoms with Gasteiger partial charge in [0.1, 0.15) is 0 Å². The maximum Gasteiger partial charge on any atom is 0.254 e. The Hall–Kier alpha value is -1.40. The van der Waals surface area contributed by atoms with E-state index in [1.165, 1.54) is 11.3 Å². The fourth-order valence-electron chi connectivity index (χ4n) is 2.34. The number of carbonyl (C=O) groups excluding carboxylic acids is 2. The summed E-state index contributed by atoms with van der Waals surface area (Å²) < 4.78 is 0. The van der Waals surface area contributed by atoms with Gasteiger partial charge in [-0.3, -0.25) is 9.59 Å². The highest BCUT2D eigenvalue weighted by molar-refractivity contribution is 7.08. The van der Waals surface area contributed by atoms with E-state index in [2.05, 4.69) is 0 Å². The van der Waals surface area contributed by atoms with Crippen LogP contribution in [0.1, 0.15) is 23.2 Å². The van der Waals surface area contributed by atoms with Gasteiger partial charge in [0, 0.05) is 31.6 Å². The van der Waals surface area contributed by atoms with Crippen LogP contribution in [0, 0.1) is 0 Å². The van der Waals surface area contributed by atoms with Gasteiger partial charge in [-0.1, -0.05) is 0 Å². The van der Waals surface area contributed by atoms with Gasteiger partial charge in [-0.15, -0.1) is 0 Å². The highest BCUT2D eigenvalue weighted by atomic mass is 32.1. The Labute approximate surface area is 116 Å². The van der Waals surface area contributed by atoms with Crippen molar-refractivity contribution < 1.29 is 9.59 Å². The smallest absolute Gasteiger partial charge is 0.254 e. The molecule has 5 nitrogen and oxygen atoms in total. The number of nitrogens with zero attached hydrogens (tertiary/aromatic N) is 2. The number of rotatable bonds is 2. The van der Waals surface area contributed by atoms with Crippen LogP contribution in [0.2, 0.25) is 0 Å². The highest BCUT2D eigenvalue weighted by Gasteiger charge is 2.48. The second-order valence-corrected chi connectivity index (χ2v) is 6.03. The molecule has 102 valence electrons. The molecule has 0 spiro atoms. The molecule has 2 aliphatic rings. The van der Waals surface area contributed by atoms with Crippen LogP contribution in [0.25, 0.3) is 0 Å². The third-order valence-electron chi connectivity index (χ3n) is 3.84. The van der Waals surface area contributed by atoms with Crippen LogP contribution >= 0.6 is 11.3 Å². The van der Waals surface area contributed by atoms with E-state index in [1.807, 2.05) is 21.7 Å². The molecular formula is C13H17N3O2S. The molecule has 1 saturated heterocycles. The number of nitrogens with two attached hydrogens (primary N) is 1. The van der Waals surface area contributed by atoms with Gasteiger partial charge in [-0.2, -0.15) is 11.3 Å². The average molecular weight is 279 g/mol. The number of hydrogen-bond acceptors (Lipinski definition) is 4. The van der Waals surface area contributed by atoms with Gasteiger partial charge in [0.2, 0.25) is 5.91 Å². The largest absolute Gasteiger partial charge is 0.338 e. The zero-order valence-electron chi connectivity index (χ0n) is 10.7. The van der Waals surface area contributed by atoms with Gasteiger partial charge < -0.3 is 15.5 Å².